The lowest BCUT2D eigenvalue weighted by Crippen LogP contribution is -2.54. The summed E-state index contributed by atoms with van der Waals surface area (Å²) in [6, 6.07) is -0.281. The third-order valence-corrected chi connectivity index (χ3v) is 3.49. The smallest absolute Gasteiger partial charge is 0.247 e. The van der Waals surface area contributed by atoms with Gasteiger partial charge in [0.25, 0.3) is 0 Å². The van der Waals surface area contributed by atoms with E-state index >= 15 is 0 Å². The molecular formula is C9H14F2N2O. The van der Waals surface area contributed by atoms with Crippen LogP contribution in [0.15, 0.2) is 0 Å². The molecule has 80 valence electrons. The highest BCUT2D eigenvalue weighted by atomic mass is 19.3. The molecule has 3 nitrogen and oxygen atoms in total. The van der Waals surface area contributed by atoms with Gasteiger partial charge in [-0.25, -0.2) is 8.78 Å². The van der Waals surface area contributed by atoms with E-state index in [4.69, 9.17) is 0 Å². The lowest BCUT2D eigenvalue weighted by atomic mass is 9.77. The van der Waals surface area contributed by atoms with E-state index in [-0.39, 0.29) is 24.9 Å². The predicted octanol–water partition coefficient (Wildman–Crippen LogP) is 0.462. The molecule has 0 aliphatic carbocycles. The van der Waals surface area contributed by atoms with Crippen LogP contribution in [0.2, 0.25) is 0 Å². The predicted molar refractivity (Wildman–Crippen MR) is 47.1 cm³/mol. The Morgan fingerprint density at radius 2 is 2.36 bits per heavy atom. The van der Waals surface area contributed by atoms with Gasteiger partial charge in [-0.15, -0.1) is 0 Å². The monoisotopic (exact) mass is 204 g/mol. The number of piperidine rings is 1. The molecule has 2 aliphatic rings. The fraction of sp³-hybridized carbons (Fsp3) is 0.889. The van der Waals surface area contributed by atoms with Gasteiger partial charge in [0.15, 0.2) is 0 Å². The van der Waals surface area contributed by atoms with Crippen molar-refractivity contribution in [2.45, 2.75) is 25.3 Å². The lowest BCUT2D eigenvalue weighted by Gasteiger charge is -2.39. The Bertz CT molecular complexity index is 259. The lowest BCUT2D eigenvalue weighted by molar-refractivity contribution is -0.127. The average molecular weight is 204 g/mol. The third-order valence-electron chi connectivity index (χ3n) is 3.49. The van der Waals surface area contributed by atoms with Crippen molar-refractivity contribution in [2.75, 3.05) is 20.1 Å². The van der Waals surface area contributed by atoms with E-state index in [1.165, 1.54) is 4.90 Å². The van der Waals surface area contributed by atoms with Crippen LogP contribution >= 0.6 is 0 Å². The van der Waals surface area contributed by atoms with E-state index < -0.39 is 11.8 Å². The molecule has 2 aliphatic heterocycles. The Morgan fingerprint density at radius 3 is 2.93 bits per heavy atom. The number of alkyl halides is 2. The van der Waals surface area contributed by atoms with Gasteiger partial charge in [0.1, 0.15) is 0 Å². The van der Waals surface area contributed by atoms with E-state index in [1.807, 2.05) is 0 Å². The van der Waals surface area contributed by atoms with Crippen LogP contribution in [0.1, 0.15) is 12.8 Å². The first-order valence-electron chi connectivity index (χ1n) is 4.82. The highest BCUT2D eigenvalue weighted by molar-refractivity contribution is 5.80. The molecule has 0 aromatic heterocycles. The number of nitrogens with one attached hydrogen (secondary N) is 1. The zero-order chi connectivity index (χ0) is 10.3. The van der Waals surface area contributed by atoms with Crippen molar-refractivity contribution in [3.05, 3.63) is 0 Å². The first-order valence-corrected chi connectivity index (χ1v) is 4.82. The second kappa shape index (κ2) is 3.15. The Balaban J connectivity index is 2.31. The van der Waals surface area contributed by atoms with E-state index in [9.17, 15) is 13.6 Å². The molecule has 1 amide bonds. The van der Waals surface area contributed by atoms with Crippen LogP contribution in [0.5, 0.6) is 0 Å². The molecule has 14 heavy (non-hydrogen) atoms. The van der Waals surface area contributed by atoms with Crippen LogP contribution in [0.3, 0.4) is 0 Å². The summed E-state index contributed by atoms with van der Waals surface area (Å²) < 4.78 is 26.0. The summed E-state index contributed by atoms with van der Waals surface area (Å²) in [5, 5.41) is 2.96. The van der Waals surface area contributed by atoms with Crippen LogP contribution in [-0.4, -0.2) is 43.4 Å². The number of nitrogens with zero attached hydrogens (tertiary/aromatic N) is 1. The Labute approximate surface area is 81.4 Å². The maximum atomic E-state index is 13.0. The number of amides is 1. The normalized spacial score (nSPS) is 37.9. The Hall–Kier alpha value is -0.710. The van der Waals surface area contributed by atoms with Gasteiger partial charge in [-0.05, 0) is 13.0 Å². The van der Waals surface area contributed by atoms with Crippen molar-refractivity contribution in [3.8, 4) is 0 Å². The van der Waals surface area contributed by atoms with Gasteiger partial charge in [0, 0.05) is 26.1 Å². The van der Waals surface area contributed by atoms with Crippen molar-refractivity contribution in [2.24, 2.45) is 5.41 Å². The van der Waals surface area contributed by atoms with Gasteiger partial charge in [0.2, 0.25) is 12.3 Å². The molecular weight excluding hydrogens is 190 g/mol. The van der Waals surface area contributed by atoms with Gasteiger partial charge in [-0.3, -0.25) is 4.79 Å². The van der Waals surface area contributed by atoms with Crippen molar-refractivity contribution < 1.29 is 13.6 Å². The number of halogens is 2. The molecule has 0 radical (unpaired) electrons. The summed E-state index contributed by atoms with van der Waals surface area (Å²) in [7, 11) is 1.63. The fourth-order valence-corrected chi connectivity index (χ4v) is 2.60. The second-order valence-electron chi connectivity index (χ2n) is 4.20. The molecule has 0 aromatic carbocycles. The van der Waals surface area contributed by atoms with Crippen molar-refractivity contribution >= 4 is 5.91 Å². The number of hydrogen-bond donors (Lipinski definition) is 1. The summed E-state index contributed by atoms with van der Waals surface area (Å²) in [6.07, 6.45) is -1.81. The molecule has 2 atom stereocenters. The van der Waals surface area contributed by atoms with Crippen LogP contribution < -0.4 is 5.32 Å². The highest BCUT2D eigenvalue weighted by Crippen LogP contribution is 2.44. The molecule has 2 fully saturated rings. The van der Waals surface area contributed by atoms with Crippen LogP contribution in [0.25, 0.3) is 0 Å². The quantitative estimate of drug-likeness (QED) is 0.673. The molecule has 2 unspecified atom stereocenters. The van der Waals surface area contributed by atoms with Crippen molar-refractivity contribution in [3.63, 3.8) is 0 Å². The van der Waals surface area contributed by atoms with E-state index in [0.29, 0.717) is 6.42 Å². The molecule has 0 aromatic rings. The topological polar surface area (TPSA) is 32.3 Å². The van der Waals surface area contributed by atoms with Crippen molar-refractivity contribution in [1.29, 1.82) is 0 Å². The SMILES string of the molecule is CN1C(=O)CC2(C(F)F)CNCCC12. The number of carbonyl (C=O) groups excluding carboxylic acids is 1. The molecule has 0 spiro atoms. The molecule has 0 saturated carbocycles. The van der Waals surface area contributed by atoms with E-state index in [2.05, 4.69) is 5.32 Å². The van der Waals surface area contributed by atoms with Crippen LogP contribution in [0.4, 0.5) is 8.78 Å². The maximum Gasteiger partial charge on any atom is 0.247 e. The minimum absolute atomic E-state index is 0.0150. The summed E-state index contributed by atoms with van der Waals surface area (Å²) in [5.74, 6) is -0.154. The fourth-order valence-electron chi connectivity index (χ4n) is 2.60. The highest BCUT2D eigenvalue weighted by Gasteiger charge is 2.56. The van der Waals surface area contributed by atoms with E-state index in [0.717, 1.165) is 6.54 Å². The molecule has 5 heteroatoms. The minimum Gasteiger partial charge on any atom is -0.342 e. The second-order valence-corrected chi connectivity index (χ2v) is 4.20. The average Bonchev–Trinajstić information content (AvgIpc) is 2.41. The van der Waals surface area contributed by atoms with Gasteiger partial charge >= 0.3 is 0 Å². The summed E-state index contributed by atoms with van der Waals surface area (Å²) in [5.41, 5.74) is -1.13. The van der Waals surface area contributed by atoms with E-state index in [1.54, 1.807) is 7.05 Å². The number of rotatable bonds is 1. The summed E-state index contributed by atoms with van der Waals surface area (Å²) in [4.78, 5) is 12.9. The number of fused-ring (bicyclic) bond motifs is 1. The first-order chi connectivity index (χ1) is 6.58. The van der Waals surface area contributed by atoms with Gasteiger partial charge < -0.3 is 10.2 Å². The molecule has 2 rings (SSSR count). The standard InChI is InChI=1S/C9H14F2N2O/c1-13-6-2-3-12-5-9(6,8(10)11)4-7(13)14/h6,8,12H,2-5H2,1H3. The summed E-state index contributed by atoms with van der Waals surface area (Å²) >= 11 is 0. The van der Waals surface area contributed by atoms with Gasteiger partial charge in [-0.2, -0.15) is 0 Å². The van der Waals surface area contributed by atoms with Gasteiger partial charge in [0.05, 0.1) is 5.41 Å². The molecule has 1 N–H and O–H groups in total. The van der Waals surface area contributed by atoms with Crippen LogP contribution in [-0.2, 0) is 4.79 Å². The Kier molecular flexibility index (Phi) is 2.21. The third kappa shape index (κ3) is 1.15. The zero-order valence-electron chi connectivity index (χ0n) is 8.09. The number of hydrogen-bond acceptors (Lipinski definition) is 2. The molecule has 0 bridgehead atoms. The van der Waals surface area contributed by atoms with Crippen LogP contribution in [0, 0.1) is 5.41 Å². The number of likely N-dealkylation sites (tertiary alicyclic amines) is 1. The number of carbonyl (C=O) groups is 1. The Morgan fingerprint density at radius 1 is 1.64 bits per heavy atom. The largest absolute Gasteiger partial charge is 0.342 e. The summed E-state index contributed by atoms with van der Waals surface area (Å²) in [6.45, 7) is 0.974. The first kappa shape index (κ1) is 9.83. The van der Waals surface area contributed by atoms with Crippen molar-refractivity contribution in [1.82, 2.24) is 10.2 Å². The minimum atomic E-state index is -2.42. The van der Waals surface area contributed by atoms with Gasteiger partial charge in [-0.1, -0.05) is 0 Å². The maximum absolute atomic E-state index is 13.0. The zero-order valence-corrected chi connectivity index (χ0v) is 8.09. The molecule has 2 saturated heterocycles. The molecule has 2 heterocycles.